The van der Waals surface area contributed by atoms with E-state index < -0.39 is 0 Å². The summed E-state index contributed by atoms with van der Waals surface area (Å²) in [6, 6.07) is 10.8. The van der Waals surface area contributed by atoms with Gasteiger partial charge in [0.05, 0.1) is 30.9 Å². The summed E-state index contributed by atoms with van der Waals surface area (Å²) >= 11 is 0. The summed E-state index contributed by atoms with van der Waals surface area (Å²) in [6.07, 6.45) is 6.24. The molecule has 0 spiro atoms. The minimum atomic E-state index is -0.159. The quantitative estimate of drug-likeness (QED) is 0.727. The van der Waals surface area contributed by atoms with Crippen molar-refractivity contribution >= 4 is 5.91 Å². The molecule has 0 saturated carbocycles. The Kier molecular flexibility index (Phi) is 4.77. The molecule has 1 atom stereocenters. The molecule has 0 radical (unpaired) electrons. The maximum atomic E-state index is 12.9. The van der Waals surface area contributed by atoms with E-state index in [0.29, 0.717) is 17.1 Å². The number of amides is 1. The number of imidazole rings is 1. The minimum absolute atomic E-state index is 0.106. The highest BCUT2D eigenvalue weighted by Gasteiger charge is 2.24. The number of ether oxygens (including phenoxy) is 1. The minimum Gasteiger partial charge on any atom is -0.508 e. The van der Waals surface area contributed by atoms with Gasteiger partial charge in [-0.25, -0.2) is 4.98 Å². The van der Waals surface area contributed by atoms with Crippen LogP contribution in [-0.4, -0.2) is 27.7 Å². The van der Waals surface area contributed by atoms with Gasteiger partial charge >= 0.3 is 0 Å². The lowest BCUT2D eigenvalue weighted by Crippen LogP contribution is -2.31. The predicted molar refractivity (Wildman–Crippen MR) is 106 cm³/mol. The highest BCUT2D eigenvalue weighted by molar-refractivity contribution is 5.95. The number of fused-ring (bicyclic) bond motifs is 1. The lowest BCUT2D eigenvalue weighted by Gasteiger charge is -2.27. The van der Waals surface area contributed by atoms with Crippen LogP contribution in [0.4, 0.5) is 0 Å². The van der Waals surface area contributed by atoms with Crippen LogP contribution in [0.2, 0.25) is 0 Å². The number of phenolic OH excluding ortho intramolecular Hbond substituents is 1. The number of aryl methyl sites for hydroxylation is 1. The summed E-state index contributed by atoms with van der Waals surface area (Å²) in [5.41, 5.74) is 4.19. The highest BCUT2D eigenvalue weighted by atomic mass is 16.5. The maximum absolute atomic E-state index is 12.9. The molecule has 144 valence electrons. The smallest absolute Gasteiger partial charge is 0.251 e. The monoisotopic (exact) mass is 377 g/mol. The third kappa shape index (κ3) is 3.33. The third-order valence-electron chi connectivity index (χ3n) is 5.22. The number of aromatic hydroxyl groups is 1. The molecule has 1 aliphatic carbocycles. The normalized spacial score (nSPS) is 15.7. The number of phenols is 1. The Morgan fingerprint density at radius 2 is 2.18 bits per heavy atom. The van der Waals surface area contributed by atoms with Crippen molar-refractivity contribution in [2.75, 3.05) is 7.11 Å². The molecule has 0 bridgehead atoms. The Balaban J connectivity index is 1.59. The van der Waals surface area contributed by atoms with Gasteiger partial charge in [0.2, 0.25) is 0 Å². The molecule has 4 rings (SSSR count). The lowest BCUT2D eigenvalue weighted by atomic mass is 9.87. The molecular formula is C22H23N3O3. The summed E-state index contributed by atoms with van der Waals surface area (Å²) in [6.45, 7) is 1.92. The van der Waals surface area contributed by atoms with Crippen LogP contribution in [-0.2, 0) is 6.42 Å². The van der Waals surface area contributed by atoms with Gasteiger partial charge in [-0.05, 0) is 61.6 Å². The molecule has 6 nitrogen and oxygen atoms in total. The molecule has 0 saturated heterocycles. The zero-order valence-corrected chi connectivity index (χ0v) is 16.0. The lowest BCUT2D eigenvalue weighted by molar-refractivity contribution is 0.0932. The number of benzene rings is 2. The SMILES string of the molecule is COc1cc(C(=O)NC2CCCc3c(O)cccc32)ccc1-n1cnc(C)c1. The molecule has 2 aromatic carbocycles. The van der Waals surface area contributed by atoms with E-state index in [1.807, 2.05) is 35.9 Å². The van der Waals surface area contributed by atoms with Gasteiger partial charge in [-0.15, -0.1) is 0 Å². The number of aromatic nitrogens is 2. The van der Waals surface area contributed by atoms with Gasteiger partial charge < -0.3 is 19.7 Å². The van der Waals surface area contributed by atoms with E-state index >= 15 is 0 Å². The van der Waals surface area contributed by atoms with Crippen molar-refractivity contribution in [1.82, 2.24) is 14.9 Å². The molecule has 0 aliphatic heterocycles. The number of hydrogen-bond donors (Lipinski definition) is 2. The molecule has 1 unspecified atom stereocenters. The molecule has 2 N–H and O–H groups in total. The fraction of sp³-hybridized carbons (Fsp3) is 0.273. The summed E-state index contributed by atoms with van der Waals surface area (Å²) in [4.78, 5) is 17.1. The number of hydrogen-bond acceptors (Lipinski definition) is 4. The second-order valence-corrected chi connectivity index (χ2v) is 7.07. The van der Waals surface area contributed by atoms with Gasteiger partial charge in [0.1, 0.15) is 11.5 Å². The van der Waals surface area contributed by atoms with Crippen molar-refractivity contribution in [1.29, 1.82) is 0 Å². The third-order valence-corrected chi connectivity index (χ3v) is 5.22. The number of nitrogens with one attached hydrogen (secondary N) is 1. The maximum Gasteiger partial charge on any atom is 0.251 e. The van der Waals surface area contributed by atoms with E-state index in [4.69, 9.17) is 4.74 Å². The first-order chi connectivity index (χ1) is 13.6. The van der Waals surface area contributed by atoms with E-state index in [0.717, 1.165) is 41.8 Å². The van der Waals surface area contributed by atoms with Crippen molar-refractivity contribution in [2.45, 2.75) is 32.2 Å². The summed E-state index contributed by atoms with van der Waals surface area (Å²) in [5.74, 6) is 0.748. The van der Waals surface area contributed by atoms with Crippen LogP contribution < -0.4 is 10.1 Å². The Morgan fingerprint density at radius 1 is 1.32 bits per heavy atom. The first-order valence-corrected chi connectivity index (χ1v) is 9.37. The van der Waals surface area contributed by atoms with Crippen molar-refractivity contribution in [3.05, 3.63) is 71.3 Å². The second-order valence-electron chi connectivity index (χ2n) is 7.07. The zero-order chi connectivity index (χ0) is 19.7. The van der Waals surface area contributed by atoms with Gasteiger partial charge in [-0.2, -0.15) is 0 Å². The van der Waals surface area contributed by atoms with Crippen LogP contribution in [0.5, 0.6) is 11.5 Å². The summed E-state index contributed by atoms with van der Waals surface area (Å²) in [7, 11) is 1.59. The molecule has 1 amide bonds. The van der Waals surface area contributed by atoms with Gasteiger partial charge in [0, 0.05) is 11.8 Å². The van der Waals surface area contributed by atoms with Crippen LogP contribution in [0.25, 0.3) is 5.69 Å². The van der Waals surface area contributed by atoms with E-state index in [1.54, 1.807) is 31.6 Å². The fourth-order valence-corrected chi connectivity index (χ4v) is 3.81. The standard InChI is InChI=1S/C22H23N3O3/c1-14-12-25(13-23-14)19-10-9-15(11-21(19)28-2)22(27)24-18-7-3-6-17-16(18)5-4-8-20(17)26/h4-5,8-13,18,26H,3,6-7H2,1-2H3,(H,24,27). The summed E-state index contributed by atoms with van der Waals surface area (Å²) < 4.78 is 7.37. The summed E-state index contributed by atoms with van der Waals surface area (Å²) in [5, 5.41) is 13.2. The number of carbonyl (C=O) groups is 1. The van der Waals surface area contributed by atoms with Gasteiger partial charge in [0.25, 0.3) is 5.91 Å². The molecule has 1 heterocycles. The first kappa shape index (κ1) is 18.1. The molecule has 1 aliphatic rings. The first-order valence-electron chi connectivity index (χ1n) is 9.37. The molecular weight excluding hydrogens is 354 g/mol. The number of nitrogens with zero attached hydrogens (tertiary/aromatic N) is 2. The largest absolute Gasteiger partial charge is 0.508 e. The molecule has 0 fully saturated rings. The second kappa shape index (κ2) is 7.38. The van der Waals surface area contributed by atoms with E-state index in [1.165, 1.54) is 0 Å². The Hall–Kier alpha value is -3.28. The van der Waals surface area contributed by atoms with Crippen LogP contribution >= 0.6 is 0 Å². The zero-order valence-electron chi connectivity index (χ0n) is 16.0. The van der Waals surface area contributed by atoms with Gasteiger partial charge in [0.15, 0.2) is 0 Å². The molecule has 3 aromatic rings. The Morgan fingerprint density at radius 3 is 2.93 bits per heavy atom. The van der Waals surface area contributed by atoms with E-state index in [2.05, 4.69) is 10.3 Å². The number of rotatable bonds is 4. The van der Waals surface area contributed by atoms with E-state index in [-0.39, 0.29) is 11.9 Å². The van der Waals surface area contributed by atoms with E-state index in [9.17, 15) is 9.90 Å². The number of methoxy groups -OCH3 is 1. The van der Waals surface area contributed by atoms with Crippen molar-refractivity contribution in [3.63, 3.8) is 0 Å². The van der Waals surface area contributed by atoms with Crippen LogP contribution in [0.1, 0.15) is 46.1 Å². The van der Waals surface area contributed by atoms with Crippen molar-refractivity contribution in [2.24, 2.45) is 0 Å². The average molecular weight is 377 g/mol. The van der Waals surface area contributed by atoms with Crippen molar-refractivity contribution < 1.29 is 14.6 Å². The number of carbonyl (C=O) groups excluding carboxylic acids is 1. The average Bonchev–Trinajstić information content (AvgIpc) is 3.14. The molecule has 28 heavy (non-hydrogen) atoms. The van der Waals surface area contributed by atoms with Crippen LogP contribution in [0.3, 0.4) is 0 Å². The topological polar surface area (TPSA) is 76.4 Å². The Labute approximate surface area is 163 Å². The predicted octanol–water partition coefficient (Wildman–Crippen LogP) is 3.70. The Bertz CT molecular complexity index is 1030. The van der Waals surface area contributed by atoms with Gasteiger partial charge in [-0.1, -0.05) is 12.1 Å². The van der Waals surface area contributed by atoms with Crippen LogP contribution in [0.15, 0.2) is 48.9 Å². The van der Waals surface area contributed by atoms with Crippen LogP contribution in [0, 0.1) is 6.92 Å². The van der Waals surface area contributed by atoms with Gasteiger partial charge in [-0.3, -0.25) is 4.79 Å². The van der Waals surface area contributed by atoms with Crippen molar-refractivity contribution in [3.8, 4) is 17.2 Å². The highest BCUT2D eigenvalue weighted by Crippen LogP contribution is 2.35. The fourth-order valence-electron chi connectivity index (χ4n) is 3.81. The molecule has 1 aromatic heterocycles. The molecule has 6 heteroatoms.